The lowest BCUT2D eigenvalue weighted by atomic mass is 10.1. The van der Waals surface area contributed by atoms with Gasteiger partial charge in [0.1, 0.15) is 6.61 Å². The average Bonchev–Trinajstić information content (AvgIpc) is 2.87. The number of nitrogens with zero attached hydrogens (tertiary/aromatic N) is 1. The Hall–Kier alpha value is -2.74. The number of benzene rings is 2. The number of imide groups is 1. The van der Waals surface area contributed by atoms with E-state index in [2.05, 4.69) is 0 Å². The van der Waals surface area contributed by atoms with Crippen molar-refractivity contribution in [2.45, 2.75) is 18.5 Å². The van der Waals surface area contributed by atoms with Crippen LogP contribution in [0.2, 0.25) is 0 Å². The Balaban J connectivity index is 1.66. The quantitative estimate of drug-likeness (QED) is 0.542. The standard InChI is InChI=1S/C19H15F4NO3/c20-18(21,19(22,23)12-27-10-13-6-2-1-3-7-13)11-24-16(25)14-8-4-5-9-15(14)17(24)26/h1-9H,10-12H2. The Morgan fingerprint density at radius 2 is 1.30 bits per heavy atom. The molecule has 0 saturated heterocycles. The molecular weight excluding hydrogens is 366 g/mol. The van der Waals surface area contributed by atoms with Gasteiger partial charge >= 0.3 is 11.8 Å². The molecule has 2 amide bonds. The van der Waals surface area contributed by atoms with E-state index >= 15 is 0 Å². The zero-order valence-corrected chi connectivity index (χ0v) is 14.0. The largest absolute Gasteiger partial charge is 0.370 e. The van der Waals surface area contributed by atoms with Gasteiger partial charge in [0.05, 0.1) is 24.3 Å². The first-order valence-corrected chi connectivity index (χ1v) is 8.05. The summed E-state index contributed by atoms with van der Waals surface area (Å²) in [6, 6.07) is 13.7. The third kappa shape index (κ3) is 3.71. The number of alkyl halides is 4. The van der Waals surface area contributed by atoms with Gasteiger partial charge in [0, 0.05) is 0 Å². The molecule has 0 aliphatic carbocycles. The van der Waals surface area contributed by atoms with Crippen LogP contribution in [0.5, 0.6) is 0 Å². The number of ether oxygens (including phenoxy) is 1. The number of carbonyl (C=O) groups is 2. The fraction of sp³-hybridized carbons (Fsp3) is 0.263. The highest BCUT2D eigenvalue weighted by molar-refractivity contribution is 6.21. The third-order valence-corrected chi connectivity index (χ3v) is 4.16. The molecule has 2 aromatic rings. The molecule has 0 unspecified atom stereocenters. The lowest BCUT2D eigenvalue weighted by molar-refractivity contribution is -0.235. The lowest BCUT2D eigenvalue weighted by Crippen LogP contribution is -2.52. The molecule has 0 saturated carbocycles. The predicted molar refractivity (Wildman–Crippen MR) is 87.8 cm³/mol. The molecule has 3 rings (SSSR count). The van der Waals surface area contributed by atoms with Crippen LogP contribution in [0.3, 0.4) is 0 Å². The molecule has 2 aromatic carbocycles. The first-order valence-electron chi connectivity index (χ1n) is 8.05. The van der Waals surface area contributed by atoms with Gasteiger partial charge in [-0.25, -0.2) is 0 Å². The Bertz CT molecular complexity index is 820. The van der Waals surface area contributed by atoms with Gasteiger partial charge < -0.3 is 4.74 Å². The van der Waals surface area contributed by atoms with E-state index in [0.29, 0.717) is 5.56 Å². The van der Waals surface area contributed by atoms with Crippen molar-refractivity contribution in [1.29, 1.82) is 0 Å². The first-order chi connectivity index (χ1) is 12.7. The number of halogens is 4. The summed E-state index contributed by atoms with van der Waals surface area (Å²) in [6.45, 7) is -3.53. The van der Waals surface area contributed by atoms with Crippen LogP contribution in [0.25, 0.3) is 0 Å². The van der Waals surface area contributed by atoms with Crippen LogP contribution in [0.1, 0.15) is 26.3 Å². The number of hydrogen-bond donors (Lipinski definition) is 0. The van der Waals surface area contributed by atoms with Gasteiger partial charge in [0.25, 0.3) is 11.8 Å². The molecule has 27 heavy (non-hydrogen) atoms. The van der Waals surface area contributed by atoms with Crippen molar-refractivity contribution in [3.05, 3.63) is 71.3 Å². The average molecular weight is 381 g/mol. The summed E-state index contributed by atoms with van der Waals surface area (Å²) in [5.74, 6) is -11.2. The second-order valence-electron chi connectivity index (χ2n) is 6.13. The highest BCUT2D eigenvalue weighted by atomic mass is 19.3. The molecule has 0 radical (unpaired) electrons. The van der Waals surface area contributed by atoms with E-state index < -0.39 is 36.8 Å². The molecule has 0 N–H and O–H groups in total. The van der Waals surface area contributed by atoms with Gasteiger partial charge in [0.2, 0.25) is 0 Å². The van der Waals surface area contributed by atoms with E-state index in [4.69, 9.17) is 4.74 Å². The van der Waals surface area contributed by atoms with Crippen molar-refractivity contribution in [3.63, 3.8) is 0 Å². The van der Waals surface area contributed by atoms with E-state index in [1.807, 2.05) is 0 Å². The maximum absolute atomic E-state index is 14.2. The third-order valence-electron chi connectivity index (χ3n) is 4.16. The molecule has 1 aliphatic heterocycles. The smallest absolute Gasteiger partial charge is 0.334 e. The summed E-state index contributed by atoms with van der Waals surface area (Å²) in [6.07, 6.45) is 0. The fourth-order valence-corrected chi connectivity index (χ4v) is 2.67. The summed E-state index contributed by atoms with van der Waals surface area (Å²) >= 11 is 0. The first kappa shape index (κ1) is 19.0. The second kappa shape index (κ2) is 7.11. The van der Waals surface area contributed by atoms with Gasteiger partial charge in [-0.2, -0.15) is 17.6 Å². The molecule has 0 fully saturated rings. The minimum Gasteiger partial charge on any atom is -0.370 e. The predicted octanol–water partition coefficient (Wildman–Crippen LogP) is 3.77. The number of hydrogen-bond acceptors (Lipinski definition) is 3. The van der Waals surface area contributed by atoms with Crippen LogP contribution in [-0.4, -0.2) is 41.7 Å². The van der Waals surface area contributed by atoms with Crippen molar-refractivity contribution in [2.24, 2.45) is 0 Å². The Morgan fingerprint density at radius 3 is 1.85 bits per heavy atom. The van der Waals surface area contributed by atoms with Gasteiger partial charge in [-0.3, -0.25) is 14.5 Å². The molecule has 0 spiro atoms. The zero-order valence-electron chi connectivity index (χ0n) is 14.0. The van der Waals surface area contributed by atoms with Gasteiger partial charge in [-0.05, 0) is 17.7 Å². The van der Waals surface area contributed by atoms with Crippen LogP contribution < -0.4 is 0 Å². The maximum atomic E-state index is 14.2. The summed E-state index contributed by atoms with van der Waals surface area (Å²) in [5, 5.41) is 0. The zero-order chi connectivity index (χ0) is 19.7. The lowest BCUT2D eigenvalue weighted by Gasteiger charge is -2.29. The van der Waals surface area contributed by atoms with Crippen molar-refractivity contribution in [2.75, 3.05) is 13.2 Å². The van der Waals surface area contributed by atoms with Crippen molar-refractivity contribution in [1.82, 2.24) is 4.90 Å². The van der Waals surface area contributed by atoms with E-state index in [-0.39, 0.29) is 22.6 Å². The molecular formula is C19H15F4NO3. The monoisotopic (exact) mass is 381 g/mol. The fourth-order valence-electron chi connectivity index (χ4n) is 2.67. The highest BCUT2D eigenvalue weighted by Gasteiger charge is 2.59. The number of amides is 2. The van der Waals surface area contributed by atoms with E-state index in [1.165, 1.54) is 24.3 Å². The van der Waals surface area contributed by atoms with E-state index in [1.54, 1.807) is 30.3 Å². The van der Waals surface area contributed by atoms with Crippen LogP contribution in [-0.2, 0) is 11.3 Å². The van der Waals surface area contributed by atoms with Crippen LogP contribution in [0, 0.1) is 0 Å². The summed E-state index contributed by atoms with van der Waals surface area (Å²) in [4.78, 5) is 24.4. The summed E-state index contributed by atoms with van der Waals surface area (Å²) < 4.78 is 61.1. The van der Waals surface area contributed by atoms with E-state index in [9.17, 15) is 27.2 Å². The Labute approximate surface area is 152 Å². The SMILES string of the molecule is O=C1c2ccccc2C(=O)N1CC(F)(F)C(F)(F)COCc1ccccc1. The molecule has 8 heteroatoms. The minimum atomic E-state index is -4.64. The van der Waals surface area contributed by atoms with Gasteiger partial charge in [0.15, 0.2) is 0 Å². The van der Waals surface area contributed by atoms with Crippen molar-refractivity contribution in [3.8, 4) is 0 Å². The second-order valence-corrected chi connectivity index (χ2v) is 6.13. The summed E-state index contributed by atoms with van der Waals surface area (Å²) in [5.41, 5.74) is 0.390. The van der Waals surface area contributed by atoms with E-state index in [0.717, 1.165) is 0 Å². The van der Waals surface area contributed by atoms with Gasteiger partial charge in [-0.15, -0.1) is 0 Å². The maximum Gasteiger partial charge on any atom is 0.334 e. The van der Waals surface area contributed by atoms with Crippen LogP contribution in [0.15, 0.2) is 54.6 Å². The molecule has 0 atom stereocenters. The van der Waals surface area contributed by atoms with Gasteiger partial charge in [-0.1, -0.05) is 42.5 Å². The van der Waals surface area contributed by atoms with Crippen LogP contribution >= 0.6 is 0 Å². The highest BCUT2D eigenvalue weighted by Crippen LogP contribution is 2.37. The minimum absolute atomic E-state index is 0.0815. The molecule has 4 nitrogen and oxygen atoms in total. The molecule has 142 valence electrons. The molecule has 1 heterocycles. The molecule has 0 bridgehead atoms. The summed E-state index contributed by atoms with van der Waals surface area (Å²) in [7, 11) is 0. The molecule has 1 aliphatic rings. The van der Waals surface area contributed by atoms with Crippen molar-refractivity contribution >= 4 is 11.8 Å². The Kier molecular flexibility index (Phi) is 5.01. The number of carbonyl (C=O) groups excluding carboxylic acids is 2. The Morgan fingerprint density at radius 1 is 0.778 bits per heavy atom. The number of rotatable bonds is 7. The van der Waals surface area contributed by atoms with Crippen molar-refractivity contribution < 1.29 is 31.9 Å². The topological polar surface area (TPSA) is 46.6 Å². The number of fused-ring (bicyclic) bond motifs is 1. The normalized spacial score (nSPS) is 14.6. The molecule has 0 aromatic heterocycles. The van der Waals surface area contributed by atoms with Crippen LogP contribution in [0.4, 0.5) is 17.6 Å².